The molecule has 2 aliphatic rings. The average Bonchev–Trinajstić information content (AvgIpc) is 2.94. The molecule has 6 heteroatoms. The first kappa shape index (κ1) is 18.7. The third-order valence-electron chi connectivity index (χ3n) is 5.38. The number of piperidine rings is 1. The van der Waals surface area contributed by atoms with Crippen LogP contribution in [0.3, 0.4) is 0 Å². The highest BCUT2D eigenvalue weighted by Gasteiger charge is 2.42. The molecule has 2 amide bonds. The second-order valence-electron chi connectivity index (χ2n) is 7.32. The van der Waals surface area contributed by atoms with Crippen molar-refractivity contribution in [3.8, 4) is 0 Å². The molecule has 0 bridgehead atoms. The Morgan fingerprint density at radius 1 is 0.929 bits per heavy atom. The van der Waals surface area contributed by atoms with Crippen molar-refractivity contribution in [2.75, 3.05) is 18.0 Å². The summed E-state index contributed by atoms with van der Waals surface area (Å²) in [4.78, 5) is 29.8. The number of likely N-dealkylation sites (tertiary alicyclic amines) is 1. The molecule has 2 aromatic rings. The van der Waals surface area contributed by atoms with Crippen LogP contribution in [-0.2, 0) is 9.59 Å². The van der Waals surface area contributed by atoms with Gasteiger partial charge in [-0.3, -0.25) is 9.59 Å². The maximum absolute atomic E-state index is 13.3. The first-order valence-corrected chi connectivity index (χ1v) is 9.73. The molecule has 0 atom stereocenters. The van der Waals surface area contributed by atoms with Crippen molar-refractivity contribution in [2.45, 2.75) is 19.8 Å². The number of halogens is 2. The van der Waals surface area contributed by atoms with Gasteiger partial charge in [-0.15, -0.1) is 0 Å². The minimum atomic E-state index is -0.418. The van der Waals surface area contributed by atoms with Gasteiger partial charge in [-0.2, -0.15) is 0 Å². The van der Waals surface area contributed by atoms with Gasteiger partial charge in [-0.05, 0) is 60.7 Å². The highest BCUT2D eigenvalue weighted by molar-refractivity contribution is 6.45. The fraction of sp³-hybridized carbons (Fsp3) is 0.273. The van der Waals surface area contributed by atoms with E-state index in [9.17, 15) is 14.0 Å². The largest absolute Gasteiger partial charge is 0.366 e. The first-order valence-electron chi connectivity index (χ1n) is 9.35. The van der Waals surface area contributed by atoms with Crippen molar-refractivity contribution < 1.29 is 14.0 Å². The smallest absolute Gasteiger partial charge is 0.282 e. The molecular formula is C22H20ClFN2O2. The van der Waals surface area contributed by atoms with Crippen LogP contribution in [0.15, 0.2) is 54.2 Å². The van der Waals surface area contributed by atoms with Crippen LogP contribution in [0.2, 0.25) is 5.02 Å². The second kappa shape index (κ2) is 7.40. The number of nitrogens with zero attached hydrogens (tertiary/aromatic N) is 2. The number of benzene rings is 2. The van der Waals surface area contributed by atoms with Crippen molar-refractivity contribution in [1.82, 2.24) is 4.90 Å². The van der Waals surface area contributed by atoms with Crippen LogP contribution in [0.1, 0.15) is 25.3 Å². The summed E-state index contributed by atoms with van der Waals surface area (Å²) in [7, 11) is 0. The summed E-state index contributed by atoms with van der Waals surface area (Å²) in [6.45, 7) is 3.64. The van der Waals surface area contributed by atoms with Gasteiger partial charge in [0.1, 0.15) is 11.5 Å². The molecule has 0 unspecified atom stereocenters. The maximum atomic E-state index is 13.3. The van der Waals surface area contributed by atoms with Gasteiger partial charge >= 0.3 is 0 Å². The van der Waals surface area contributed by atoms with E-state index in [1.54, 1.807) is 24.3 Å². The molecule has 0 aromatic heterocycles. The number of anilines is 1. The van der Waals surface area contributed by atoms with Gasteiger partial charge in [-0.1, -0.05) is 30.7 Å². The zero-order valence-electron chi connectivity index (χ0n) is 15.5. The summed E-state index contributed by atoms with van der Waals surface area (Å²) >= 11 is 6.00. The van der Waals surface area contributed by atoms with Crippen molar-refractivity contribution in [3.05, 3.63) is 70.6 Å². The summed E-state index contributed by atoms with van der Waals surface area (Å²) in [6.07, 6.45) is 1.94. The van der Waals surface area contributed by atoms with Gasteiger partial charge in [0.2, 0.25) is 0 Å². The number of rotatable bonds is 3. The molecule has 4 nitrogen and oxygen atoms in total. The quantitative estimate of drug-likeness (QED) is 0.715. The molecule has 0 N–H and O–H groups in total. The summed E-state index contributed by atoms with van der Waals surface area (Å²) < 4.78 is 13.3. The van der Waals surface area contributed by atoms with E-state index in [-0.39, 0.29) is 5.91 Å². The topological polar surface area (TPSA) is 40.6 Å². The fourth-order valence-electron chi connectivity index (χ4n) is 3.75. The summed E-state index contributed by atoms with van der Waals surface area (Å²) in [5.41, 5.74) is 1.81. The molecule has 0 saturated carbocycles. The minimum absolute atomic E-state index is 0.364. The Balaban J connectivity index is 1.79. The Hall–Kier alpha value is -2.66. The predicted molar refractivity (Wildman–Crippen MR) is 107 cm³/mol. The number of imide groups is 1. The Morgan fingerprint density at radius 2 is 1.54 bits per heavy atom. The van der Waals surface area contributed by atoms with Crippen LogP contribution >= 0.6 is 11.6 Å². The third-order valence-corrected chi connectivity index (χ3v) is 5.63. The molecule has 4 rings (SSSR count). The van der Waals surface area contributed by atoms with Crippen LogP contribution in [-0.4, -0.2) is 29.8 Å². The van der Waals surface area contributed by atoms with Crippen LogP contribution in [0.4, 0.5) is 10.1 Å². The molecule has 1 fully saturated rings. The van der Waals surface area contributed by atoms with Gasteiger partial charge in [0.15, 0.2) is 0 Å². The molecule has 0 radical (unpaired) electrons. The van der Waals surface area contributed by atoms with Gasteiger partial charge in [0.05, 0.1) is 11.3 Å². The standard InChI is InChI=1S/C22H20ClFN2O2/c1-14-10-12-25(13-11-14)20-19(15-2-4-16(23)5-3-15)21(27)26(22(20)28)18-8-6-17(24)7-9-18/h2-9,14H,10-13H2,1H3. The lowest BCUT2D eigenvalue weighted by atomic mass is 9.97. The van der Waals surface area contributed by atoms with E-state index in [0.717, 1.165) is 30.8 Å². The van der Waals surface area contributed by atoms with E-state index in [1.807, 2.05) is 4.90 Å². The molecule has 0 aliphatic carbocycles. The molecule has 2 heterocycles. The Labute approximate surface area is 168 Å². The van der Waals surface area contributed by atoms with E-state index in [1.165, 1.54) is 24.3 Å². The molecule has 1 saturated heterocycles. The van der Waals surface area contributed by atoms with Crippen molar-refractivity contribution in [2.24, 2.45) is 5.92 Å². The summed E-state index contributed by atoms with van der Waals surface area (Å²) in [5, 5.41) is 0.560. The van der Waals surface area contributed by atoms with E-state index < -0.39 is 11.7 Å². The third kappa shape index (κ3) is 3.31. The van der Waals surface area contributed by atoms with E-state index in [0.29, 0.717) is 33.5 Å². The maximum Gasteiger partial charge on any atom is 0.282 e. The molecule has 2 aromatic carbocycles. The molecule has 28 heavy (non-hydrogen) atoms. The lowest BCUT2D eigenvalue weighted by Gasteiger charge is -2.32. The van der Waals surface area contributed by atoms with Gasteiger partial charge in [-0.25, -0.2) is 9.29 Å². The SMILES string of the molecule is CC1CCN(C2=C(c3ccc(Cl)cc3)C(=O)N(c3ccc(F)cc3)C2=O)CC1. The van der Waals surface area contributed by atoms with Crippen LogP contribution < -0.4 is 4.90 Å². The monoisotopic (exact) mass is 398 g/mol. The minimum Gasteiger partial charge on any atom is -0.366 e. The molecule has 0 spiro atoms. The van der Waals surface area contributed by atoms with Crippen LogP contribution in [0, 0.1) is 11.7 Å². The number of hydrogen-bond acceptors (Lipinski definition) is 3. The van der Waals surface area contributed by atoms with Crippen molar-refractivity contribution >= 4 is 34.7 Å². The lowest BCUT2D eigenvalue weighted by Crippen LogP contribution is -2.38. The van der Waals surface area contributed by atoms with E-state index in [4.69, 9.17) is 11.6 Å². The zero-order valence-corrected chi connectivity index (χ0v) is 16.2. The normalized spacial score (nSPS) is 18.4. The Morgan fingerprint density at radius 3 is 2.14 bits per heavy atom. The Kier molecular flexibility index (Phi) is 4.94. The molecule has 2 aliphatic heterocycles. The predicted octanol–water partition coefficient (Wildman–Crippen LogP) is 4.50. The Bertz CT molecular complexity index is 946. The van der Waals surface area contributed by atoms with Crippen molar-refractivity contribution in [1.29, 1.82) is 0 Å². The number of carbonyl (C=O) groups excluding carboxylic acids is 2. The van der Waals surface area contributed by atoms with Gasteiger partial charge in [0, 0.05) is 18.1 Å². The highest BCUT2D eigenvalue weighted by atomic mass is 35.5. The van der Waals surface area contributed by atoms with E-state index in [2.05, 4.69) is 6.92 Å². The molecule has 144 valence electrons. The number of hydrogen-bond donors (Lipinski definition) is 0. The second-order valence-corrected chi connectivity index (χ2v) is 7.76. The van der Waals surface area contributed by atoms with E-state index >= 15 is 0 Å². The van der Waals surface area contributed by atoms with Crippen LogP contribution in [0.25, 0.3) is 5.57 Å². The lowest BCUT2D eigenvalue weighted by molar-refractivity contribution is -0.120. The highest BCUT2D eigenvalue weighted by Crippen LogP contribution is 2.36. The zero-order chi connectivity index (χ0) is 19.8. The van der Waals surface area contributed by atoms with Crippen LogP contribution in [0.5, 0.6) is 0 Å². The summed E-state index contributed by atoms with van der Waals surface area (Å²) in [5.74, 6) is -0.584. The first-order chi connectivity index (χ1) is 13.5. The number of carbonyl (C=O) groups is 2. The van der Waals surface area contributed by atoms with Gasteiger partial charge < -0.3 is 4.90 Å². The fourth-order valence-corrected chi connectivity index (χ4v) is 3.87. The van der Waals surface area contributed by atoms with Gasteiger partial charge in [0.25, 0.3) is 11.8 Å². The number of amides is 2. The summed E-state index contributed by atoms with van der Waals surface area (Å²) in [6, 6.07) is 12.3. The van der Waals surface area contributed by atoms with Crippen molar-refractivity contribution in [3.63, 3.8) is 0 Å². The average molecular weight is 399 g/mol. The molecular weight excluding hydrogens is 379 g/mol.